The zero-order valence-electron chi connectivity index (χ0n) is 14.0. The maximum atomic E-state index is 5.33. The number of methoxy groups -OCH3 is 2. The first kappa shape index (κ1) is 15.4. The number of pyridine rings is 1. The van der Waals surface area contributed by atoms with Crippen LogP contribution in [0.2, 0.25) is 0 Å². The van der Waals surface area contributed by atoms with Crippen molar-refractivity contribution in [3.05, 3.63) is 54.2 Å². The summed E-state index contributed by atoms with van der Waals surface area (Å²) < 4.78 is 10.5. The van der Waals surface area contributed by atoms with Crippen LogP contribution in [0.4, 0.5) is 0 Å². The van der Waals surface area contributed by atoms with Crippen LogP contribution in [0.1, 0.15) is 29.4 Å². The molecule has 0 unspecified atom stereocenters. The predicted molar refractivity (Wildman–Crippen MR) is 90.5 cm³/mol. The van der Waals surface area contributed by atoms with Gasteiger partial charge in [0.2, 0.25) is 0 Å². The van der Waals surface area contributed by atoms with E-state index in [1.165, 1.54) is 0 Å². The van der Waals surface area contributed by atoms with Crippen molar-refractivity contribution in [3.63, 3.8) is 0 Å². The smallest absolute Gasteiger partial charge is 0.256 e. The van der Waals surface area contributed by atoms with Crippen LogP contribution in [0.15, 0.2) is 43.1 Å². The molecule has 1 aliphatic rings. The monoisotopic (exact) mass is 335 g/mol. The van der Waals surface area contributed by atoms with Gasteiger partial charge in [-0.2, -0.15) is 0 Å². The fourth-order valence-electron chi connectivity index (χ4n) is 2.94. The van der Waals surface area contributed by atoms with Crippen molar-refractivity contribution in [2.45, 2.75) is 18.3 Å². The second kappa shape index (κ2) is 6.43. The molecule has 0 radical (unpaired) electrons. The second-order valence-electron chi connectivity index (χ2n) is 5.84. The number of nitrogens with zero attached hydrogens (tertiary/aromatic N) is 5. The van der Waals surface area contributed by atoms with Crippen molar-refractivity contribution in [2.24, 2.45) is 0 Å². The second-order valence-corrected chi connectivity index (χ2v) is 5.84. The van der Waals surface area contributed by atoms with Crippen molar-refractivity contribution < 1.29 is 9.47 Å². The fraction of sp³-hybridized carbons (Fsp3) is 0.278. The molecule has 0 saturated heterocycles. The van der Waals surface area contributed by atoms with Crippen molar-refractivity contribution in [3.8, 4) is 23.3 Å². The normalized spacial score (nSPS) is 18.6. The average Bonchev–Trinajstić information content (AvgIpc) is 3.49. The Morgan fingerprint density at radius 3 is 2.12 bits per heavy atom. The molecule has 0 aliphatic heterocycles. The van der Waals surface area contributed by atoms with Crippen molar-refractivity contribution in [1.29, 1.82) is 0 Å². The van der Waals surface area contributed by atoms with E-state index in [0.29, 0.717) is 35.1 Å². The Morgan fingerprint density at radius 1 is 0.800 bits per heavy atom. The van der Waals surface area contributed by atoms with Crippen molar-refractivity contribution in [1.82, 2.24) is 24.9 Å². The summed E-state index contributed by atoms with van der Waals surface area (Å²) in [4.78, 5) is 21.5. The van der Waals surface area contributed by atoms with Gasteiger partial charge in [-0.05, 0) is 41.5 Å². The molecule has 25 heavy (non-hydrogen) atoms. The van der Waals surface area contributed by atoms with E-state index < -0.39 is 0 Å². The summed E-state index contributed by atoms with van der Waals surface area (Å²) in [5.41, 5.74) is 2.25. The van der Waals surface area contributed by atoms with Crippen molar-refractivity contribution in [2.75, 3.05) is 14.2 Å². The Kier molecular flexibility index (Phi) is 3.97. The van der Waals surface area contributed by atoms with Crippen LogP contribution < -0.4 is 9.47 Å². The van der Waals surface area contributed by atoms with E-state index >= 15 is 0 Å². The molecule has 0 bridgehead atoms. The lowest BCUT2D eigenvalue weighted by Gasteiger charge is -2.08. The number of rotatable bonds is 5. The molecule has 3 heterocycles. The van der Waals surface area contributed by atoms with Gasteiger partial charge in [0, 0.05) is 31.0 Å². The summed E-state index contributed by atoms with van der Waals surface area (Å²) in [6.07, 6.45) is 9.97. The molecule has 7 heteroatoms. The molecule has 1 saturated carbocycles. The highest BCUT2D eigenvalue weighted by Crippen LogP contribution is 2.55. The Morgan fingerprint density at radius 2 is 1.44 bits per heavy atom. The molecular weight excluding hydrogens is 318 g/mol. The molecule has 2 atom stereocenters. The third-order valence-electron chi connectivity index (χ3n) is 4.34. The maximum absolute atomic E-state index is 5.33. The molecule has 1 fully saturated rings. The summed E-state index contributed by atoms with van der Waals surface area (Å²) >= 11 is 0. The Labute approximate surface area is 145 Å². The molecule has 0 spiro atoms. The first-order chi connectivity index (χ1) is 12.3. The van der Waals surface area contributed by atoms with Gasteiger partial charge in [-0.15, -0.1) is 0 Å². The van der Waals surface area contributed by atoms with E-state index in [1.54, 1.807) is 32.7 Å². The third-order valence-corrected chi connectivity index (χ3v) is 4.34. The number of aromatic nitrogens is 5. The first-order valence-corrected chi connectivity index (χ1v) is 7.97. The van der Waals surface area contributed by atoms with Gasteiger partial charge in [0.1, 0.15) is 0 Å². The Hall–Kier alpha value is -3.09. The van der Waals surface area contributed by atoms with Gasteiger partial charge >= 0.3 is 0 Å². The maximum Gasteiger partial charge on any atom is 0.256 e. The van der Waals surface area contributed by atoms with E-state index in [-0.39, 0.29) is 0 Å². The van der Waals surface area contributed by atoms with E-state index in [4.69, 9.17) is 9.47 Å². The van der Waals surface area contributed by atoms with E-state index in [0.717, 1.165) is 17.5 Å². The zero-order chi connectivity index (χ0) is 17.2. The minimum absolute atomic E-state index is 0.394. The molecule has 0 amide bonds. The quantitative estimate of drug-likeness (QED) is 0.708. The highest BCUT2D eigenvalue weighted by Gasteiger charge is 2.40. The summed E-state index contributed by atoms with van der Waals surface area (Å²) in [5.74, 6) is 3.01. The van der Waals surface area contributed by atoms with E-state index in [1.807, 2.05) is 24.7 Å². The Bertz CT molecular complexity index is 870. The van der Waals surface area contributed by atoms with Crippen molar-refractivity contribution >= 4 is 0 Å². The van der Waals surface area contributed by atoms with Crippen LogP contribution in [0.3, 0.4) is 0 Å². The van der Waals surface area contributed by atoms with Crippen LogP contribution in [-0.2, 0) is 0 Å². The predicted octanol–water partition coefficient (Wildman–Crippen LogP) is 2.62. The SMILES string of the molecule is COc1cc([C@H]2C[C@H]2c2cnc(-c3ncccn3)nc2)cnc1OC. The summed E-state index contributed by atoms with van der Waals surface area (Å²) in [6.45, 7) is 0. The number of hydrogen-bond acceptors (Lipinski definition) is 7. The van der Waals surface area contributed by atoms with E-state index in [2.05, 4.69) is 24.9 Å². The van der Waals surface area contributed by atoms with Crippen LogP contribution in [-0.4, -0.2) is 39.1 Å². The zero-order valence-corrected chi connectivity index (χ0v) is 14.0. The molecule has 7 nitrogen and oxygen atoms in total. The van der Waals surface area contributed by atoms with Crippen LogP contribution >= 0.6 is 0 Å². The minimum atomic E-state index is 0.394. The topological polar surface area (TPSA) is 82.9 Å². The van der Waals surface area contributed by atoms with Gasteiger partial charge < -0.3 is 9.47 Å². The molecule has 1 aliphatic carbocycles. The van der Waals surface area contributed by atoms with E-state index in [9.17, 15) is 0 Å². The largest absolute Gasteiger partial charge is 0.491 e. The third kappa shape index (κ3) is 3.00. The molecule has 3 aromatic heterocycles. The van der Waals surface area contributed by atoms with Gasteiger partial charge in [0.05, 0.1) is 14.2 Å². The standard InChI is InChI=1S/C18H17N5O2/c1-24-15-6-11(8-23-18(15)25-2)13-7-14(13)12-9-21-17(22-10-12)16-19-4-3-5-20-16/h3-6,8-10,13-14H,7H2,1-2H3/t13-,14+/m1/s1. The fourth-order valence-corrected chi connectivity index (χ4v) is 2.94. The highest BCUT2D eigenvalue weighted by molar-refractivity contribution is 5.44. The lowest BCUT2D eigenvalue weighted by molar-refractivity contribution is 0.342. The molecule has 126 valence electrons. The van der Waals surface area contributed by atoms with Crippen LogP contribution in [0.25, 0.3) is 11.6 Å². The summed E-state index contributed by atoms with van der Waals surface area (Å²) in [5, 5.41) is 0. The Balaban J connectivity index is 1.52. The molecule has 0 N–H and O–H groups in total. The summed E-state index contributed by atoms with van der Waals surface area (Å²) in [6, 6.07) is 3.76. The molecule has 4 rings (SSSR count). The lowest BCUT2D eigenvalue weighted by Crippen LogP contribution is -1.97. The van der Waals surface area contributed by atoms with Gasteiger partial charge in [-0.1, -0.05) is 0 Å². The highest BCUT2D eigenvalue weighted by atomic mass is 16.5. The lowest BCUT2D eigenvalue weighted by atomic mass is 10.1. The molecular formula is C18H17N5O2. The van der Waals surface area contributed by atoms with Gasteiger partial charge in [-0.3, -0.25) is 0 Å². The van der Waals surface area contributed by atoms with Gasteiger partial charge in [0.25, 0.3) is 5.88 Å². The molecule has 0 aromatic carbocycles. The number of ether oxygens (including phenoxy) is 2. The minimum Gasteiger partial charge on any atom is -0.491 e. The summed E-state index contributed by atoms with van der Waals surface area (Å²) in [7, 11) is 3.20. The van der Waals surface area contributed by atoms with Crippen LogP contribution in [0.5, 0.6) is 11.6 Å². The average molecular weight is 335 g/mol. The number of hydrogen-bond donors (Lipinski definition) is 0. The van der Waals surface area contributed by atoms with Gasteiger partial charge in [0.15, 0.2) is 17.4 Å². The first-order valence-electron chi connectivity index (χ1n) is 7.97. The van der Waals surface area contributed by atoms with Crippen LogP contribution in [0, 0.1) is 0 Å². The molecule has 3 aromatic rings. The van der Waals surface area contributed by atoms with Gasteiger partial charge in [-0.25, -0.2) is 24.9 Å².